The molecule has 0 aromatic carbocycles. The second-order valence-electron chi connectivity index (χ2n) is 3.71. The molecule has 0 rings (SSSR count). The van der Waals surface area contributed by atoms with Gasteiger partial charge in [-0.1, -0.05) is 6.92 Å². The highest BCUT2D eigenvalue weighted by molar-refractivity contribution is 6.02. The zero-order valence-electron chi connectivity index (χ0n) is 9.63. The van der Waals surface area contributed by atoms with Crippen molar-refractivity contribution in [3.05, 3.63) is 0 Å². The van der Waals surface area contributed by atoms with E-state index in [9.17, 15) is 49.1 Å². The normalized spacial score (nSPS) is 14.3. The molecule has 0 amide bonds. The van der Waals surface area contributed by atoms with Crippen LogP contribution in [-0.2, 0) is 9.59 Å². The van der Waals surface area contributed by atoms with Crippen molar-refractivity contribution in [3.63, 3.8) is 0 Å². The number of hydrogen-bond donors (Lipinski definition) is 0. The Morgan fingerprint density at radius 1 is 0.800 bits per heavy atom. The molecule has 0 saturated carbocycles. The van der Waals surface area contributed by atoms with E-state index in [1.807, 2.05) is 0 Å². The van der Waals surface area contributed by atoms with E-state index in [4.69, 9.17) is 0 Å². The Bertz CT molecular complexity index is 397. The lowest BCUT2D eigenvalue weighted by Crippen LogP contribution is -2.63. The Hall–Kier alpha value is -1.29. The number of carbonyl (C=O) groups excluding carboxylic acids is 2. The number of ketones is 2. The number of Topliss-reactive ketones (excluding diaryl/α,β-unsaturated/α-hetero) is 2. The predicted octanol–water partition coefficient (Wildman–Crippen LogP) is 3.39. The molecule has 118 valence electrons. The molecule has 0 aliphatic carbocycles. The second-order valence-corrected chi connectivity index (χ2v) is 3.71. The first-order valence-corrected chi connectivity index (χ1v) is 4.88. The van der Waals surface area contributed by atoms with E-state index in [0.29, 0.717) is 0 Å². The standard InChI is InChI=1S/C9H7F9O2/c1-2-4(19)3-5(20)6(10,11)7(12,13)8(14,15)9(16,17)18/h2-3H2,1H3. The van der Waals surface area contributed by atoms with Crippen LogP contribution >= 0.6 is 0 Å². The summed E-state index contributed by atoms with van der Waals surface area (Å²) in [6.45, 7) is 1.05. The number of halogens is 9. The van der Waals surface area contributed by atoms with Gasteiger partial charge in [-0.3, -0.25) is 9.59 Å². The Morgan fingerprint density at radius 3 is 1.50 bits per heavy atom. The van der Waals surface area contributed by atoms with Gasteiger partial charge in [0.05, 0.1) is 6.42 Å². The van der Waals surface area contributed by atoms with Gasteiger partial charge in [0.1, 0.15) is 5.78 Å². The van der Waals surface area contributed by atoms with Crippen molar-refractivity contribution in [2.75, 3.05) is 0 Å². The maximum Gasteiger partial charge on any atom is 0.460 e. The molecule has 0 saturated heterocycles. The monoisotopic (exact) mass is 318 g/mol. The van der Waals surface area contributed by atoms with Gasteiger partial charge < -0.3 is 0 Å². The summed E-state index contributed by atoms with van der Waals surface area (Å²) in [6.07, 6.45) is -9.41. The lowest BCUT2D eigenvalue weighted by Gasteiger charge is -2.32. The van der Waals surface area contributed by atoms with Crippen molar-refractivity contribution in [2.24, 2.45) is 0 Å². The van der Waals surface area contributed by atoms with Gasteiger partial charge in [0.15, 0.2) is 0 Å². The highest BCUT2D eigenvalue weighted by atomic mass is 19.4. The number of carbonyl (C=O) groups is 2. The molecular formula is C9H7F9O2. The van der Waals surface area contributed by atoms with Crippen LogP contribution in [0, 0.1) is 0 Å². The minimum atomic E-state index is -7.13. The summed E-state index contributed by atoms with van der Waals surface area (Å²) in [7, 11) is 0. The molecule has 0 heterocycles. The van der Waals surface area contributed by atoms with Crippen LogP contribution in [0.4, 0.5) is 39.5 Å². The molecule has 20 heavy (non-hydrogen) atoms. The smallest absolute Gasteiger partial charge is 0.299 e. The average molecular weight is 318 g/mol. The molecule has 0 fully saturated rings. The Labute approximate surface area is 105 Å². The van der Waals surface area contributed by atoms with Gasteiger partial charge in [0.2, 0.25) is 5.78 Å². The van der Waals surface area contributed by atoms with E-state index in [1.165, 1.54) is 0 Å². The first-order valence-electron chi connectivity index (χ1n) is 4.88. The van der Waals surface area contributed by atoms with Gasteiger partial charge in [-0.25, -0.2) is 0 Å². The minimum Gasteiger partial charge on any atom is -0.299 e. The van der Waals surface area contributed by atoms with Crippen molar-refractivity contribution in [3.8, 4) is 0 Å². The third-order valence-corrected chi connectivity index (χ3v) is 2.25. The molecule has 0 aliphatic heterocycles. The van der Waals surface area contributed by atoms with Crippen LogP contribution in [0.3, 0.4) is 0 Å². The first-order chi connectivity index (χ1) is 8.63. The zero-order chi connectivity index (χ0) is 16.6. The predicted molar refractivity (Wildman–Crippen MR) is 45.8 cm³/mol. The highest BCUT2D eigenvalue weighted by Gasteiger charge is 2.83. The van der Waals surface area contributed by atoms with E-state index in [-0.39, 0.29) is 0 Å². The van der Waals surface area contributed by atoms with Crippen LogP contribution < -0.4 is 0 Å². The van der Waals surface area contributed by atoms with Crippen LogP contribution in [0.2, 0.25) is 0 Å². The maximum atomic E-state index is 12.9. The van der Waals surface area contributed by atoms with Crippen molar-refractivity contribution < 1.29 is 49.1 Å². The number of hydrogen-bond acceptors (Lipinski definition) is 2. The van der Waals surface area contributed by atoms with Crippen molar-refractivity contribution in [1.82, 2.24) is 0 Å². The summed E-state index contributed by atoms with van der Waals surface area (Å²) in [5, 5.41) is 0. The summed E-state index contributed by atoms with van der Waals surface area (Å²) in [6, 6.07) is 0. The number of alkyl halides is 9. The highest BCUT2D eigenvalue weighted by Crippen LogP contribution is 2.53. The Morgan fingerprint density at radius 2 is 1.20 bits per heavy atom. The molecule has 11 heteroatoms. The third-order valence-electron chi connectivity index (χ3n) is 2.25. The zero-order valence-corrected chi connectivity index (χ0v) is 9.63. The van der Waals surface area contributed by atoms with Crippen LogP contribution in [0.5, 0.6) is 0 Å². The van der Waals surface area contributed by atoms with Crippen LogP contribution in [0.1, 0.15) is 19.8 Å². The molecular weight excluding hydrogens is 311 g/mol. The van der Waals surface area contributed by atoms with E-state index >= 15 is 0 Å². The fourth-order valence-electron chi connectivity index (χ4n) is 0.965. The van der Waals surface area contributed by atoms with E-state index < -0.39 is 48.4 Å². The summed E-state index contributed by atoms with van der Waals surface area (Å²) in [5.41, 5.74) is 0. The molecule has 0 aliphatic rings. The topological polar surface area (TPSA) is 34.1 Å². The van der Waals surface area contributed by atoms with Crippen LogP contribution in [0.15, 0.2) is 0 Å². The summed E-state index contributed by atoms with van der Waals surface area (Å²) >= 11 is 0. The molecule has 0 spiro atoms. The SMILES string of the molecule is CCC(=O)CC(=O)C(F)(F)C(F)(F)C(F)(F)C(F)(F)F. The maximum absolute atomic E-state index is 12.9. The average Bonchev–Trinajstić information content (AvgIpc) is 2.26. The van der Waals surface area contributed by atoms with Gasteiger partial charge in [-0.05, 0) is 0 Å². The van der Waals surface area contributed by atoms with E-state index in [0.717, 1.165) is 6.92 Å². The van der Waals surface area contributed by atoms with Crippen molar-refractivity contribution in [1.29, 1.82) is 0 Å². The molecule has 0 aromatic heterocycles. The van der Waals surface area contributed by atoms with Gasteiger partial charge >= 0.3 is 23.9 Å². The molecule has 0 aromatic rings. The number of rotatable bonds is 6. The third kappa shape index (κ3) is 2.90. The molecule has 0 bridgehead atoms. The quantitative estimate of drug-likeness (QED) is 0.556. The molecule has 2 nitrogen and oxygen atoms in total. The van der Waals surface area contributed by atoms with Gasteiger partial charge in [-0.15, -0.1) is 0 Å². The fraction of sp³-hybridized carbons (Fsp3) is 0.778. The largest absolute Gasteiger partial charge is 0.460 e. The lowest BCUT2D eigenvalue weighted by atomic mass is 9.97. The van der Waals surface area contributed by atoms with Crippen molar-refractivity contribution in [2.45, 2.75) is 43.7 Å². The summed E-state index contributed by atoms with van der Waals surface area (Å²) in [5.74, 6) is -24.8. The summed E-state index contributed by atoms with van der Waals surface area (Å²) < 4.78 is 111. The Kier molecular flexibility index (Phi) is 4.91. The van der Waals surface area contributed by atoms with Gasteiger partial charge in [0.25, 0.3) is 0 Å². The molecule has 0 atom stereocenters. The molecule has 0 radical (unpaired) electrons. The van der Waals surface area contributed by atoms with E-state index in [1.54, 1.807) is 0 Å². The van der Waals surface area contributed by atoms with Crippen LogP contribution in [-0.4, -0.2) is 35.5 Å². The second kappa shape index (κ2) is 5.24. The van der Waals surface area contributed by atoms with Crippen LogP contribution in [0.25, 0.3) is 0 Å². The molecule has 0 unspecified atom stereocenters. The van der Waals surface area contributed by atoms with Crippen molar-refractivity contribution >= 4 is 11.6 Å². The first kappa shape index (κ1) is 18.7. The van der Waals surface area contributed by atoms with E-state index in [2.05, 4.69) is 0 Å². The van der Waals surface area contributed by atoms with Gasteiger partial charge in [-0.2, -0.15) is 39.5 Å². The molecule has 0 N–H and O–H groups in total. The fourth-order valence-corrected chi connectivity index (χ4v) is 0.965. The Balaban J connectivity index is 5.58. The summed E-state index contributed by atoms with van der Waals surface area (Å²) in [4.78, 5) is 21.3. The minimum absolute atomic E-state index is 0.553. The van der Waals surface area contributed by atoms with Gasteiger partial charge in [0, 0.05) is 6.42 Å². The lowest BCUT2D eigenvalue weighted by molar-refractivity contribution is -0.388.